The SMILES string of the molecule is CCCCCCCCCCC(CCCCCCCC)Cc1c(CCCC)ccc(C(=O)O)c1C. The topological polar surface area (TPSA) is 37.3 Å². The number of carboxylic acid groups (broad SMARTS) is 1. The molecule has 1 aromatic rings. The molecular weight excluding hydrogens is 416 g/mol. The van der Waals surface area contributed by atoms with E-state index in [-0.39, 0.29) is 0 Å². The number of unbranched alkanes of at least 4 members (excludes halogenated alkanes) is 13. The molecule has 0 spiro atoms. The first-order valence-corrected chi connectivity index (χ1v) is 14.9. The maximum atomic E-state index is 11.8. The summed E-state index contributed by atoms with van der Waals surface area (Å²) in [6, 6.07) is 3.95. The van der Waals surface area contributed by atoms with E-state index in [2.05, 4.69) is 26.8 Å². The molecule has 0 radical (unpaired) electrons. The van der Waals surface area contributed by atoms with Crippen LogP contribution in [0.5, 0.6) is 0 Å². The van der Waals surface area contributed by atoms with Gasteiger partial charge < -0.3 is 5.11 Å². The number of aryl methyl sites for hydroxylation is 1. The standard InChI is InChI=1S/C32H56O2/c1-5-8-11-13-15-16-18-20-22-28(21-19-17-14-12-9-6-2)26-31-27(4)30(32(33)34)25-24-29(31)23-10-7-3/h24-25,28H,5-23,26H2,1-4H3,(H,33,34). The number of carboxylic acids is 1. The second-order valence-corrected chi connectivity index (χ2v) is 10.7. The highest BCUT2D eigenvalue weighted by molar-refractivity contribution is 5.89. The van der Waals surface area contributed by atoms with Crippen LogP contribution >= 0.6 is 0 Å². The number of rotatable bonds is 22. The van der Waals surface area contributed by atoms with Crippen molar-refractivity contribution in [1.82, 2.24) is 0 Å². The van der Waals surface area contributed by atoms with Gasteiger partial charge in [-0.2, -0.15) is 0 Å². The molecule has 0 fully saturated rings. The number of aromatic carboxylic acids is 1. The Morgan fingerprint density at radius 2 is 1.18 bits per heavy atom. The van der Waals surface area contributed by atoms with Crippen molar-refractivity contribution in [2.45, 2.75) is 156 Å². The maximum Gasteiger partial charge on any atom is 0.335 e. The van der Waals surface area contributed by atoms with E-state index in [4.69, 9.17) is 0 Å². The summed E-state index contributed by atoms with van der Waals surface area (Å²) in [5.41, 5.74) is 4.27. The summed E-state index contributed by atoms with van der Waals surface area (Å²) in [5.74, 6) is -0.0919. The van der Waals surface area contributed by atoms with E-state index in [9.17, 15) is 9.90 Å². The second-order valence-electron chi connectivity index (χ2n) is 10.7. The quantitative estimate of drug-likeness (QED) is 0.170. The zero-order chi connectivity index (χ0) is 25.0. The Hall–Kier alpha value is -1.31. The van der Waals surface area contributed by atoms with Gasteiger partial charge in [-0.05, 0) is 54.9 Å². The monoisotopic (exact) mass is 472 g/mol. The smallest absolute Gasteiger partial charge is 0.335 e. The van der Waals surface area contributed by atoms with Gasteiger partial charge in [0.05, 0.1) is 5.56 Å². The van der Waals surface area contributed by atoms with Crippen molar-refractivity contribution in [3.63, 3.8) is 0 Å². The molecule has 0 saturated heterocycles. The van der Waals surface area contributed by atoms with Crippen molar-refractivity contribution in [2.24, 2.45) is 5.92 Å². The number of hydrogen-bond donors (Lipinski definition) is 1. The van der Waals surface area contributed by atoms with Crippen LogP contribution in [0.4, 0.5) is 0 Å². The van der Waals surface area contributed by atoms with Gasteiger partial charge in [-0.1, -0.05) is 136 Å². The normalized spacial score (nSPS) is 12.2. The lowest BCUT2D eigenvalue weighted by molar-refractivity contribution is 0.0696. The summed E-state index contributed by atoms with van der Waals surface area (Å²) in [7, 11) is 0. The predicted octanol–water partition coefficient (Wildman–Crippen LogP) is 10.5. The molecule has 0 aromatic heterocycles. The summed E-state index contributed by atoms with van der Waals surface area (Å²) in [6.07, 6.45) is 26.2. The predicted molar refractivity (Wildman–Crippen MR) is 149 cm³/mol. The highest BCUT2D eigenvalue weighted by Gasteiger charge is 2.18. The minimum absolute atomic E-state index is 0.501. The fourth-order valence-electron chi connectivity index (χ4n) is 5.35. The minimum Gasteiger partial charge on any atom is -0.478 e. The Balaban J connectivity index is 2.77. The average Bonchev–Trinajstić information content (AvgIpc) is 2.82. The molecule has 1 N–H and O–H groups in total. The first-order chi connectivity index (χ1) is 16.5. The largest absolute Gasteiger partial charge is 0.478 e. The molecule has 0 saturated carbocycles. The number of carbonyl (C=O) groups is 1. The zero-order valence-electron chi connectivity index (χ0n) is 23.2. The van der Waals surface area contributed by atoms with E-state index >= 15 is 0 Å². The van der Waals surface area contributed by atoms with Gasteiger partial charge in [0.15, 0.2) is 0 Å². The van der Waals surface area contributed by atoms with Crippen LogP contribution in [0.3, 0.4) is 0 Å². The molecule has 0 amide bonds. The summed E-state index contributed by atoms with van der Waals surface area (Å²) in [5, 5.41) is 9.71. The highest BCUT2D eigenvalue weighted by atomic mass is 16.4. The number of benzene rings is 1. The van der Waals surface area contributed by atoms with Gasteiger partial charge in [-0.3, -0.25) is 0 Å². The lowest BCUT2D eigenvalue weighted by atomic mass is 9.83. The van der Waals surface area contributed by atoms with Crippen LogP contribution in [0.15, 0.2) is 12.1 Å². The van der Waals surface area contributed by atoms with Crippen molar-refractivity contribution in [2.75, 3.05) is 0 Å². The van der Waals surface area contributed by atoms with E-state index in [1.165, 1.54) is 127 Å². The Morgan fingerprint density at radius 1 is 0.706 bits per heavy atom. The van der Waals surface area contributed by atoms with Gasteiger partial charge in [0.25, 0.3) is 0 Å². The van der Waals surface area contributed by atoms with E-state index in [0.717, 1.165) is 18.4 Å². The summed E-state index contributed by atoms with van der Waals surface area (Å²) in [6.45, 7) is 8.85. The molecule has 0 aliphatic carbocycles. The van der Waals surface area contributed by atoms with Crippen molar-refractivity contribution in [1.29, 1.82) is 0 Å². The molecule has 1 atom stereocenters. The van der Waals surface area contributed by atoms with Crippen LogP contribution in [0.25, 0.3) is 0 Å². The van der Waals surface area contributed by atoms with Crippen molar-refractivity contribution >= 4 is 5.97 Å². The Bertz CT molecular complexity index is 649. The summed E-state index contributed by atoms with van der Waals surface area (Å²) < 4.78 is 0. The molecule has 1 aromatic carbocycles. The lowest BCUT2D eigenvalue weighted by Crippen LogP contribution is -2.12. The van der Waals surface area contributed by atoms with E-state index < -0.39 is 5.97 Å². The van der Waals surface area contributed by atoms with Gasteiger partial charge in [0.1, 0.15) is 0 Å². The fourth-order valence-corrected chi connectivity index (χ4v) is 5.35. The van der Waals surface area contributed by atoms with Crippen LogP contribution in [0.2, 0.25) is 0 Å². The summed E-state index contributed by atoms with van der Waals surface area (Å²) >= 11 is 0. The van der Waals surface area contributed by atoms with Gasteiger partial charge >= 0.3 is 5.97 Å². The summed E-state index contributed by atoms with van der Waals surface area (Å²) in [4.78, 5) is 11.8. The van der Waals surface area contributed by atoms with Crippen molar-refractivity contribution in [3.05, 3.63) is 34.4 Å². The van der Waals surface area contributed by atoms with Gasteiger partial charge in [-0.25, -0.2) is 4.79 Å². The van der Waals surface area contributed by atoms with Gasteiger partial charge in [0, 0.05) is 0 Å². The molecule has 0 bridgehead atoms. The second kappa shape index (κ2) is 19.9. The molecule has 1 unspecified atom stereocenters. The van der Waals surface area contributed by atoms with Gasteiger partial charge in [-0.15, -0.1) is 0 Å². The molecule has 0 aliphatic rings. The molecule has 2 nitrogen and oxygen atoms in total. The van der Waals surface area contributed by atoms with Crippen LogP contribution in [-0.4, -0.2) is 11.1 Å². The van der Waals surface area contributed by atoms with E-state index in [1.807, 2.05) is 13.0 Å². The lowest BCUT2D eigenvalue weighted by Gasteiger charge is -2.22. The zero-order valence-corrected chi connectivity index (χ0v) is 23.2. The van der Waals surface area contributed by atoms with Crippen molar-refractivity contribution < 1.29 is 9.90 Å². The van der Waals surface area contributed by atoms with Crippen LogP contribution in [0.1, 0.15) is 163 Å². The third kappa shape index (κ3) is 13.0. The fraction of sp³-hybridized carbons (Fsp3) is 0.781. The Labute approximate surface area is 212 Å². The molecule has 0 aliphatic heterocycles. The van der Waals surface area contributed by atoms with Crippen LogP contribution < -0.4 is 0 Å². The molecule has 34 heavy (non-hydrogen) atoms. The minimum atomic E-state index is -0.781. The molecule has 1 rings (SSSR count). The third-order valence-electron chi connectivity index (χ3n) is 7.65. The molecule has 196 valence electrons. The van der Waals surface area contributed by atoms with E-state index in [0.29, 0.717) is 11.5 Å². The first-order valence-electron chi connectivity index (χ1n) is 14.9. The third-order valence-corrected chi connectivity index (χ3v) is 7.65. The average molecular weight is 473 g/mol. The molecular formula is C32H56O2. The van der Waals surface area contributed by atoms with E-state index in [1.54, 1.807) is 0 Å². The highest BCUT2D eigenvalue weighted by Crippen LogP contribution is 2.29. The maximum absolute atomic E-state index is 11.8. The Morgan fingerprint density at radius 3 is 1.65 bits per heavy atom. The van der Waals surface area contributed by atoms with Crippen molar-refractivity contribution in [3.8, 4) is 0 Å². The van der Waals surface area contributed by atoms with Crippen LogP contribution in [-0.2, 0) is 12.8 Å². The Kier molecular flexibility index (Phi) is 18.0. The molecule has 0 heterocycles. The first kappa shape index (κ1) is 30.7. The number of hydrogen-bond acceptors (Lipinski definition) is 1. The van der Waals surface area contributed by atoms with Gasteiger partial charge in [0.2, 0.25) is 0 Å². The van der Waals surface area contributed by atoms with Crippen LogP contribution in [0, 0.1) is 12.8 Å². The molecule has 2 heteroatoms.